The largest absolute Gasteiger partial charge is 0.382 e. The molecule has 0 aliphatic heterocycles. The Morgan fingerprint density at radius 2 is 2.24 bits per heavy atom. The highest BCUT2D eigenvalue weighted by Crippen LogP contribution is 2.33. The number of aromatic nitrogens is 1. The molecule has 1 N–H and O–H groups in total. The van der Waals surface area contributed by atoms with E-state index < -0.39 is 4.92 Å². The molecule has 1 aliphatic rings. The van der Waals surface area contributed by atoms with Crippen LogP contribution in [0.1, 0.15) is 19.8 Å². The molecule has 0 atom stereocenters. The van der Waals surface area contributed by atoms with Crippen molar-refractivity contribution in [1.29, 1.82) is 0 Å². The second kappa shape index (κ2) is 5.65. The third-order valence-electron chi connectivity index (χ3n) is 3.80. The fourth-order valence-corrected chi connectivity index (χ4v) is 2.71. The van der Waals surface area contributed by atoms with Crippen LogP contribution in [0.3, 0.4) is 0 Å². The summed E-state index contributed by atoms with van der Waals surface area (Å²) < 4.78 is 5.54. The lowest BCUT2D eigenvalue weighted by Crippen LogP contribution is -2.40. The molecule has 21 heavy (non-hydrogen) atoms. The Balaban J connectivity index is 1.84. The van der Waals surface area contributed by atoms with Crippen LogP contribution in [0.15, 0.2) is 30.5 Å². The number of pyridine rings is 1. The molecular weight excluding hydrogens is 270 g/mol. The molecule has 2 aromatic rings. The molecule has 1 aromatic heterocycles. The summed E-state index contributed by atoms with van der Waals surface area (Å²) in [5.41, 5.74) is 1.36. The van der Waals surface area contributed by atoms with Gasteiger partial charge in [0.25, 0.3) is 5.69 Å². The van der Waals surface area contributed by atoms with E-state index in [0.717, 1.165) is 30.5 Å². The van der Waals surface area contributed by atoms with Crippen molar-refractivity contribution in [1.82, 2.24) is 4.98 Å². The Hall–Kier alpha value is -2.21. The molecule has 0 spiro atoms. The van der Waals surface area contributed by atoms with Crippen LogP contribution in [0.5, 0.6) is 0 Å². The Bertz CT molecular complexity index is 668. The summed E-state index contributed by atoms with van der Waals surface area (Å²) in [5.74, 6) is 0. The lowest BCUT2D eigenvalue weighted by Gasteiger charge is -2.36. The molecule has 1 aliphatic carbocycles. The van der Waals surface area contributed by atoms with E-state index in [0.29, 0.717) is 17.7 Å². The van der Waals surface area contributed by atoms with E-state index in [1.54, 1.807) is 18.3 Å². The highest BCUT2D eigenvalue weighted by Gasteiger charge is 2.30. The SMILES string of the molecule is CCOC1CC(Nc2ccc([N+](=O)[O-])c3ncccc23)C1. The molecule has 0 amide bonds. The Labute approximate surface area is 122 Å². The summed E-state index contributed by atoms with van der Waals surface area (Å²) in [6.45, 7) is 2.73. The number of nitro benzene ring substituents is 1. The Kier molecular flexibility index (Phi) is 3.70. The van der Waals surface area contributed by atoms with Gasteiger partial charge < -0.3 is 10.1 Å². The highest BCUT2D eigenvalue weighted by atomic mass is 16.6. The third kappa shape index (κ3) is 2.67. The van der Waals surface area contributed by atoms with Gasteiger partial charge in [0.1, 0.15) is 5.52 Å². The molecule has 110 valence electrons. The highest BCUT2D eigenvalue weighted by molar-refractivity contribution is 5.97. The molecule has 0 radical (unpaired) electrons. The van der Waals surface area contributed by atoms with Crippen LogP contribution < -0.4 is 5.32 Å². The molecule has 3 rings (SSSR count). The minimum atomic E-state index is -0.395. The van der Waals surface area contributed by atoms with Crippen molar-refractivity contribution in [2.45, 2.75) is 31.9 Å². The fourth-order valence-electron chi connectivity index (χ4n) is 2.71. The molecule has 6 heteroatoms. The smallest absolute Gasteiger partial charge is 0.295 e. The summed E-state index contributed by atoms with van der Waals surface area (Å²) in [6, 6.07) is 7.27. The number of hydrogen-bond donors (Lipinski definition) is 1. The normalized spacial score (nSPS) is 21.0. The second-order valence-electron chi connectivity index (χ2n) is 5.18. The van der Waals surface area contributed by atoms with E-state index in [1.165, 1.54) is 6.07 Å². The lowest BCUT2D eigenvalue weighted by molar-refractivity contribution is -0.383. The number of fused-ring (bicyclic) bond motifs is 1. The van der Waals surface area contributed by atoms with Gasteiger partial charge in [-0.2, -0.15) is 0 Å². The van der Waals surface area contributed by atoms with E-state index in [2.05, 4.69) is 10.3 Å². The first-order valence-electron chi connectivity index (χ1n) is 7.09. The van der Waals surface area contributed by atoms with E-state index >= 15 is 0 Å². The van der Waals surface area contributed by atoms with Gasteiger partial charge in [-0.25, -0.2) is 4.98 Å². The van der Waals surface area contributed by atoms with Gasteiger partial charge in [-0.15, -0.1) is 0 Å². The fraction of sp³-hybridized carbons (Fsp3) is 0.400. The lowest BCUT2D eigenvalue weighted by atomic mass is 9.89. The predicted octanol–water partition coefficient (Wildman–Crippen LogP) is 3.12. The van der Waals surface area contributed by atoms with Crippen LogP contribution in [0.2, 0.25) is 0 Å². The summed E-state index contributed by atoms with van der Waals surface area (Å²) in [6.07, 6.45) is 3.84. The van der Waals surface area contributed by atoms with Gasteiger partial charge in [0.05, 0.1) is 11.0 Å². The van der Waals surface area contributed by atoms with E-state index in [-0.39, 0.29) is 5.69 Å². The first kappa shape index (κ1) is 13.8. The zero-order valence-electron chi connectivity index (χ0n) is 11.8. The van der Waals surface area contributed by atoms with E-state index in [4.69, 9.17) is 4.74 Å². The molecule has 0 unspecified atom stereocenters. The standard InChI is InChI=1S/C15H17N3O3/c1-2-21-11-8-10(9-11)17-13-5-6-14(18(19)20)15-12(13)4-3-7-16-15/h3-7,10-11,17H,2,8-9H2,1H3. The van der Waals surface area contributed by atoms with Crippen LogP contribution >= 0.6 is 0 Å². The van der Waals surface area contributed by atoms with Crippen LogP contribution in [0.25, 0.3) is 10.9 Å². The number of ether oxygens (including phenoxy) is 1. The number of benzene rings is 1. The predicted molar refractivity (Wildman–Crippen MR) is 80.5 cm³/mol. The van der Waals surface area contributed by atoms with Crippen LogP contribution in [-0.4, -0.2) is 28.7 Å². The van der Waals surface area contributed by atoms with Gasteiger partial charge in [0.2, 0.25) is 0 Å². The van der Waals surface area contributed by atoms with Crippen LogP contribution in [0, 0.1) is 10.1 Å². The number of nitrogens with zero attached hydrogens (tertiary/aromatic N) is 2. The number of non-ortho nitro benzene ring substituents is 1. The summed E-state index contributed by atoms with van der Waals surface area (Å²) in [4.78, 5) is 14.8. The van der Waals surface area contributed by atoms with E-state index in [9.17, 15) is 10.1 Å². The topological polar surface area (TPSA) is 77.3 Å². The van der Waals surface area contributed by atoms with Crippen molar-refractivity contribution in [3.05, 3.63) is 40.6 Å². The van der Waals surface area contributed by atoms with Gasteiger partial charge in [-0.05, 0) is 38.0 Å². The first-order valence-corrected chi connectivity index (χ1v) is 7.09. The van der Waals surface area contributed by atoms with Gasteiger partial charge in [0.15, 0.2) is 0 Å². The zero-order valence-corrected chi connectivity index (χ0v) is 11.8. The summed E-state index contributed by atoms with van der Waals surface area (Å²) >= 11 is 0. The second-order valence-corrected chi connectivity index (χ2v) is 5.18. The van der Waals surface area contributed by atoms with Crippen molar-refractivity contribution < 1.29 is 9.66 Å². The Morgan fingerprint density at radius 3 is 2.95 bits per heavy atom. The van der Waals surface area contributed by atoms with Crippen LogP contribution in [-0.2, 0) is 4.74 Å². The minimum absolute atomic E-state index is 0.0388. The number of hydrogen-bond acceptors (Lipinski definition) is 5. The summed E-state index contributed by atoms with van der Waals surface area (Å²) in [5, 5.41) is 15.3. The maximum atomic E-state index is 11.1. The number of nitrogens with one attached hydrogen (secondary N) is 1. The quantitative estimate of drug-likeness (QED) is 0.675. The molecule has 1 aromatic carbocycles. The van der Waals surface area contributed by atoms with Gasteiger partial charge in [0, 0.05) is 36.0 Å². The average Bonchev–Trinajstić information content (AvgIpc) is 2.45. The van der Waals surface area contributed by atoms with Crippen molar-refractivity contribution in [3.63, 3.8) is 0 Å². The molecule has 1 fully saturated rings. The van der Waals surface area contributed by atoms with Gasteiger partial charge in [-0.3, -0.25) is 10.1 Å². The van der Waals surface area contributed by atoms with Crippen molar-refractivity contribution in [2.24, 2.45) is 0 Å². The molecule has 0 bridgehead atoms. The number of rotatable bonds is 5. The van der Waals surface area contributed by atoms with Crippen molar-refractivity contribution in [2.75, 3.05) is 11.9 Å². The van der Waals surface area contributed by atoms with Gasteiger partial charge >= 0.3 is 0 Å². The minimum Gasteiger partial charge on any atom is -0.382 e. The average molecular weight is 287 g/mol. The van der Waals surface area contributed by atoms with Gasteiger partial charge in [-0.1, -0.05) is 0 Å². The van der Waals surface area contributed by atoms with Crippen molar-refractivity contribution >= 4 is 22.3 Å². The van der Waals surface area contributed by atoms with E-state index in [1.807, 2.05) is 13.0 Å². The molecule has 1 saturated carbocycles. The number of anilines is 1. The molecule has 0 saturated heterocycles. The third-order valence-corrected chi connectivity index (χ3v) is 3.80. The first-order chi connectivity index (χ1) is 10.2. The molecule has 1 heterocycles. The maximum absolute atomic E-state index is 11.1. The summed E-state index contributed by atoms with van der Waals surface area (Å²) in [7, 11) is 0. The zero-order chi connectivity index (χ0) is 14.8. The molecular formula is C15H17N3O3. The van der Waals surface area contributed by atoms with Crippen molar-refractivity contribution in [3.8, 4) is 0 Å². The van der Waals surface area contributed by atoms with Crippen LogP contribution in [0.4, 0.5) is 11.4 Å². The number of nitro groups is 1. The monoisotopic (exact) mass is 287 g/mol. The molecule has 6 nitrogen and oxygen atoms in total. The Morgan fingerprint density at radius 1 is 1.43 bits per heavy atom. The maximum Gasteiger partial charge on any atom is 0.295 e.